The molecule has 1 atom stereocenters. The zero-order chi connectivity index (χ0) is 8.97. The average Bonchev–Trinajstić information content (AvgIpc) is 2.07. The van der Waals surface area contributed by atoms with Crippen molar-refractivity contribution in [3.8, 4) is 0 Å². The fraction of sp³-hybridized carbons (Fsp3) is 0.700. The second-order valence-corrected chi connectivity index (χ2v) is 3.50. The molecule has 0 bridgehead atoms. The van der Waals surface area contributed by atoms with E-state index in [0.29, 0.717) is 5.92 Å². The summed E-state index contributed by atoms with van der Waals surface area (Å²) >= 11 is 0. The highest BCUT2D eigenvalue weighted by Crippen LogP contribution is 2.30. The number of carbonyl (C=O) groups is 1. The van der Waals surface area contributed by atoms with E-state index in [1.165, 1.54) is 19.3 Å². The van der Waals surface area contributed by atoms with Crippen LogP contribution >= 0.6 is 0 Å². The third-order valence-electron chi connectivity index (χ3n) is 2.70. The first kappa shape index (κ1) is 9.30. The minimum Gasteiger partial charge on any atom is -0.481 e. The van der Waals surface area contributed by atoms with Crippen LogP contribution in [0.1, 0.15) is 32.1 Å². The molecule has 0 saturated heterocycles. The normalized spacial score (nSPS) is 21.7. The first-order valence-electron chi connectivity index (χ1n) is 4.61. The molecule has 2 nitrogen and oxygen atoms in total. The van der Waals surface area contributed by atoms with Crippen LogP contribution in [0.4, 0.5) is 0 Å². The van der Waals surface area contributed by atoms with Crippen LogP contribution in [0.5, 0.6) is 0 Å². The lowest BCUT2D eigenvalue weighted by Crippen LogP contribution is -2.23. The first-order valence-corrected chi connectivity index (χ1v) is 4.61. The summed E-state index contributed by atoms with van der Waals surface area (Å²) in [6.07, 6.45) is 7.33. The molecule has 1 aliphatic carbocycles. The number of carboxylic acid groups (broad SMARTS) is 1. The van der Waals surface area contributed by atoms with E-state index in [4.69, 9.17) is 5.11 Å². The Hall–Kier alpha value is -0.790. The van der Waals surface area contributed by atoms with Crippen molar-refractivity contribution in [2.75, 3.05) is 0 Å². The number of rotatable bonds is 3. The fourth-order valence-corrected chi connectivity index (χ4v) is 1.99. The van der Waals surface area contributed by atoms with Crippen LogP contribution < -0.4 is 0 Å². The summed E-state index contributed by atoms with van der Waals surface area (Å²) in [4.78, 5) is 10.8. The highest BCUT2D eigenvalue weighted by atomic mass is 16.4. The Labute approximate surface area is 73.3 Å². The summed E-state index contributed by atoms with van der Waals surface area (Å²) < 4.78 is 0. The second-order valence-electron chi connectivity index (χ2n) is 3.50. The van der Waals surface area contributed by atoms with Crippen molar-refractivity contribution in [2.45, 2.75) is 32.1 Å². The van der Waals surface area contributed by atoms with Gasteiger partial charge in [0.2, 0.25) is 0 Å². The van der Waals surface area contributed by atoms with E-state index in [-0.39, 0.29) is 5.92 Å². The van der Waals surface area contributed by atoms with Crippen molar-refractivity contribution >= 4 is 5.97 Å². The smallest absolute Gasteiger partial charge is 0.310 e. The lowest BCUT2D eigenvalue weighted by atomic mass is 9.80. The van der Waals surface area contributed by atoms with Crippen molar-refractivity contribution in [3.63, 3.8) is 0 Å². The molecule has 1 rings (SSSR count). The second kappa shape index (κ2) is 4.29. The van der Waals surface area contributed by atoms with E-state index in [1.54, 1.807) is 6.08 Å². The standard InChI is InChI=1S/C10H16O2/c1-2-9(10(11)12)8-6-4-3-5-7-8/h2,8-9H,1,3-7H2,(H,11,12)/t9-/m0/s1. The molecule has 0 aliphatic heterocycles. The van der Waals surface area contributed by atoms with Gasteiger partial charge < -0.3 is 5.11 Å². The molecule has 2 heteroatoms. The van der Waals surface area contributed by atoms with Gasteiger partial charge in [-0.25, -0.2) is 0 Å². The van der Waals surface area contributed by atoms with Gasteiger partial charge in [-0.2, -0.15) is 0 Å². The van der Waals surface area contributed by atoms with E-state index >= 15 is 0 Å². The Kier molecular flexibility index (Phi) is 3.32. The molecule has 0 spiro atoms. The maximum absolute atomic E-state index is 10.8. The van der Waals surface area contributed by atoms with E-state index in [1.807, 2.05) is 0 Å². The Balaban J connectivity index is 2.51. The van der Waals surface area contributed by atoms with Crippen LogP contribution in [0.3, 0.4) is 0 Å². The van der Waals surface area contributed by atoms with Gasteiger partial charge in [0.25, 0.3) is 0 Å². The molecule has 0 radical (unpaired) electrons. The quantitative estimate of drug-likeness (QED) is 0.657. The summed E-state index contributed by atoms with van der Waals surface area (Å²) in [7, 11) is 0. The van der Waals surface area contributed by atoms with Crippen LogP contribution in [-0.4, -0.2) is 11.1 Å². The van der Waals surface area contributed by atoms with Gasteiger partial charge in [0, 0.05) is 0 Å². The molecule has 1 fully saturated rings. The molecule has 12 heavy (non-hydrogen) atoms. The van der Waals surface area contributed by atoms with Crippen molar-refractivity contribution in [1.29, 1.82) is 0 Å². The molecule has 1 saturated carbocycles. The number of hydrogen-bond donors (Lipinski definition) is 1. The van der Waals surface area contributed by atoms with Crippen molar-refractivity contribution in [2.24, 2.45) is 11.8 Å². The SMILES string of the molecule is C=C[C@H](C(=O)O)C1CCCCC1. The minimum atomic E-state index is -0.711. The predicted octanol–water partition coefficient (Wildman–Crippen LogP) is 2.45. The van der Waals surface area contributed by atoms with Crippen LogP contribution in [0, 0.1) is 11.8 Å². The van der Waals surface area contributed by atoms with Gasteiger partial charge in [-0.1, -0.05) is 25.3 Å². The number of hydrogen-bond acceptors (Lipinski definition) is 1. The van der Waals surface area contributed by atoms with Crippen molar-refractivity contribution in [1.82, 2.24) is 0 Å². The zero-order valence-electron chi connectivity index (χ0n) is 7.33. The summed E-state index contributed by atoms with van der Waals surface area (Å²) in [5.41, 5.74) is 0. The minimum absolute atomic E-state index is 0.315. The number of aliphatic carboxylic acids is 1. The Morgan fingerprint density at radius 2 is 2.00 bits per heavy atom. The van der Waals surface area contributed by atoms with E-state index < -0.39 is 5.97 Å². The van der Waals surface area contributed by atoms with Gasteiger partial charge in [0.05, 0.1) is 5.92 Å². The van der Waals surface area contributed by atoms with Crippen molar-refractivity contribution < 1.29 is 9.90 Å². The molecule has 0 heterocycles. The van der Waals surface area contributed by atoms with Crippen LogP contribution in [0.2, 0.25) is 0 Å². The zero-order valence-corrected chi connectivity index (χ0v) is 7.33. The molecule has 1 N–H and O–H groups in total. The van der Waals surface area contributed by atoms with Gasteiger partial charge in [-0.05, 0) is 18.8 Å². The van der Waals surface area contributed by atoms with Gasteiger partial charge >= 0.3 is 5.97 Å². The van der Waals surface area contributed by atoms with Crippen LogP contribution in [0.15, 0.2) is 12.7 Å². The summed E-state index contributed by atoms with van der Waals surface area (Å²) in [5, 5.41) is 8.85. The Morgan fingerprint density at radius 3 is 2.42 bits per heavy atom. The molecule has 0 amide bonds. The van der Waals surface area contributed by atoms with Gasteiger partial charge in [-0.15, -0.1) is 6.58 Å². The van der Waals surface area contributed by atoms with E-state index in [9.17, 15) is 4.79 Å². The highest BCUT2D eigenvalue weighted by Gasteiger charge is 2.26. The lowest BCUT2D eigenvalue weighted by Gasteiger charge is -2.25. The summed E-state index contributed by atoms with van der Waals surface area (Å²) in [6.45, 7) is 3.58. The molecule has 0 aromatic rings. The maximum Gasteiger partial charge on any atom is 0.310 e. The Bertz CT molecular complexity index is 169. The average molecular weight is 168 g/mol. The summed E-state index contributed by atoms with van der Waals surface area (Å²) in [6, 6.07) is 0. The predicted molar refractivity (Wildman–Crippen MR) is 47.9 cm³/mol. The number of carboxylic acids is 1. The molecule has 0 aromatic heterocycles. The molecule has 1 aliphatic rings. The van der Waals surface area contributed by atoms with E-state index in [0.717, 1.165) is 12.8 Å². The lowest BCUT2D eigenvalue weighted by molar-refractivity contribution is -0.142. The first-order chi connectivity index (χ1) is 5.75. The molecule has 0 unspecified atom stereocenters. The fourth-order valence-electron chi connectivity index (χ4n) is 1.99. The highest BCUT2D eigenvalue weighted by molar-refractivity contribution is 5.72. The van der Waals surface area contributed by atoms with E-state index in [2.05, 4.69) is 6.58 Å². The third kappa shape index (κ3) is 2.10. The summed E-state index contributed by atoms with van der Waals surface area (Å²) in [5.74, 6) is -0.684. The topological polar surface area (TPSA) is 37.3 Å². The maximum atomic E-state index is 10.8. The van der Waals surface area contributed by atoms with Gasteiger partial charge in [-0.3, -0.25) is 4.79 Å². The Morgan fingerprint density at radius 1 is 1.42 bits per heavy atom. The monoisotopic (exact) mass is 168 g/mol. The molecule has 68 valence electrons. The largest absolute Gasteiger partial charge is 0.481 e. The molecule has 0 aromatic carbocycles. The van der Waals surface area contributed by atoms with Crippen LogP contribution in [-0.2, 0) is 4.79 Å². The van der Waals surface area contributed by atoms with Crippen molar-refractivity contribution in [3.05, 3.63) is 12.7 Å². The van der Waals surface area contributed by atoms with Gasteiger partial charge in [0.15, 0.2) is 0 Å². The van der Waals surface area contributed by atoms with Gasteiger partial charge in [0.1, 0.15) is 0 Å². The molecular formula is C10H16O2. The molecular weight excluding hydrogens is 152 g/mol. The third-order valence-corrected chi connectivity index (χ3v) is 2.70. The van der Waals surface area contributed by atoms with Crippen LogP contribution in [0.25, 0.3) is 0 Å².